The van der Waals surface area contributed by atoms with Crippen LogP contribution in [0.5, 0.6) is 0 Å². The van der Waals surface area contributed by atoms with Crippen LogP contribution in [-0.2, 0) is 13.1 Å². The Morgan fingerprint density at radius 1 is 1.37 bits per heavy atom. The molecule has 2 N–H and O–H groups in total. The van der Waals surface area contributed by atoms with E-state index in [0.29, 0.717) is 12.6 Å². The summed E-state index contributed by atoms with van der Waals surface area (Å²) in [7, 11) is 0. The van der Waals surface area contributed by atoms with Gasteiger partial charge >= 0.3 is 0 Å². The molecule has 0 atom stereocenters. The highest BCUT2D eigenvalue weighted by atomic mass is 32.1. The van der Waals surface area contributed by atoms with E-state index in [0.717, 1.165) is 23.6 Å². The number of rotatable bonds is 5. The summed E-state index contributed by atoms with van der Waals surface area (Å²) < 4.78 is 0. The Bertz CT molecular complexity index is 547. The third-order valence-corrected chi connectivity index (χ3v) is 4.35. The molecule has 3 rings (SSSR count). The number of aromatic nitrogens is 1. The van der Waals surface area contributed by atoms with E-state index in [4.69, 9.17) is 10.7 Å². The number of aryl methyl sites for hydroxylation is 1. The lowest BCUT2D eigenvalue weighted by Gasteiger charge is -2.24. The summed E-state index contributed by atoms with van der Waals surface area (Å²) in [5, 5.41) is 4.35. The van der Waals surface area contributed by atoms with E-state index in [1.165, 1.54) is 18.4 Å². The number of thiophene rings is 1. The number of hydrogen-bond acceptors (Lipinski definition) is 4. The summed E-state index contributed by atoms with van der Waals surface area (Å²) in [6.07, 6.45) is 2.56. The number of hydrogen-bond donors (Lipinski definition) is 1. The SMILES string of the molecule is Cc1nc(N(Cc2ccsc2)C2CC2)ccc1CN. The summed E-state index contributed by atoms with van der Waals surface area (Å²) >= 11 is 1.75. The smallest absolute Gasteiger partial charge is 0.129 e. The Balaban J connectivity index is 1.85. The van der Waals surface area contributed by atoms with Crippen molar-refractivity contribution >= 4 is 17.2 Å². The Kier molecular flexibility index (Phi) is 3.53. The van der Waals surface area contributed by atoms with Gasteiger partial charge in [-0.15, -0.1) is 0 Å². The number of nitrogens with two attached hydrogens (primary N) is 1. The first kappa shape index (κ1) is 12.6. The van der Waals surface area contributed by atoms with E-state index in [9.17, 15) is 0 Å². The second-order valence-corrected chi connectivity index (χ2v) is 5.89. The molecule has 100 valence electrons. The molecular weight excluding hydrogens is 254 g/mol. The first-order valence-corrected chi connectivity index (χ1v) is 7.66. The maximum atomic E-state index is 5.71. The Morgan fingerprint density at radius 2 is 2.21 bits per heavy atom. The molecule has 2 heterocycles. The Hall–Kier alpha value is -1.39. The molecule has 4 heteroatoms. The summed E-state index contributed by atoms with van der Waals surface area (Å²) in [6.45, 7) is 3.57. The van der Waals surface area contributed by atoms with Crippen molar-refractivity contribution in [2.75, 3.05) is 4.90 Å². The van der Waals surface area contributed by atoms with Gasteiger partial charge in [-0.1, -0.05) is 6.07 Å². The van der Waals surface area contributed by atoms with Crippen LogP contribution in [0.4, 0.5) is 5.82 Å². The summed E-state index contributed by atoms with van der Waals surface area (Å²) in [6, 6.07) is 7.08. The minimum atomic E-state index is 0.563. The molecule has 1 saturated carbocycles. The Labute approximate surface area is 118 Å². The van der Waals surface area contributed by atoms with Crippen molar-refractivity contribution in [3.63, 3.8) is 0 Å². The van der Waals surface area contributed by atoms with Crippen LogP contribution >= 0.6 is 11.3 Å². The third-order valence-electron chi connectivity index (χ3n) is 3.62. The second kappa shape index (κ2) is 5.31. The molecule has 3 nitrogen and oxygen atoms in total. The highest BCUT2D eigenvalue weighted by molar-refractivity contribution is 7.07. The van der Waals surface area contributed by atoms with Gasteiger partial charge in [-0.3, -0.25) is 0 Å². The van der Waals surface area contributed by atoms with Gasteiger partial charge in [0.25, 0.3) is 0 Å². The van der Waals surface area contributed by atoms with Crippen LogP contribution in [0, 0.1) is 6.92 Å². The number of nitrogens with zero attached hydrogens (tertiary/aromatic N) is 2. The van der Waals surface area contributed by atoms with E-state index in [1.807, 2.05) is 6.92 Å². The molecular formula is C15H19N3S. The predicted molar refractivity (Wildman–Crippen MR) is 80.4 cm³/mol. The van der Waals surface area contributed by atoms with Crippen molar-refractivity contribution in [1.29, 1.82) is 0 Å². The lowest BCUT2D eigenvalue weighted by molar-refractivity contribution is 0.775. The molecule has 19 heavy (non-hydrogen) atoms. The van der Waals surface area contributed by atoms with Crippen LogP contribution < -0.4 is 10.6 Å². The largest absolute Gasteiger partial charge is 0.349 e. The summed E-state index contributed by atoms with van der Waals surface area (Å²) in [5.41, 5.74) is 9.27. The minimum Gasteiger partial charge on any atom is -0.349 e. The van der Waals surface area contributed by atoms with E-state index < -0.39 is 0 Å². The number of pyridine rings is 1. The average molecular weight is 273 g/mol. The molecule has 1 fully saturated rings. The van der Waals surface area contributed by atoms with Crippen molar-refractivity contribution in [3.8, 4) is 0 Å². The molecule has 2 aromatic heterocycles. The maximum Gasteiger partial charge on any atom is 0.129 e. The molecule has 2 aromatic rings. The highest BCUT2D eigenvalue weighted by Gasteiger charge is 2.30. The van der Waals surface area contributed by atoms with E-state index in [-0.39, 0.29) is 0 Å². The summed E-state index contributed by atoms with van der Waals surface area (Å²) in [5.74, 6) is 1.09. The van der Waals surface area contributed by atoms with Gasteiger partial charge in [0.15, 0.2) is 0 Å². The van der Waals surface area contributed by atoms with Crippen LogP contribution in [-0.4, -0.2) is 11.0 Å². The first-order chi connectivity index (χ1) is 9.28. The second-order valence-electron chi connectivity index (χ2n) is 5.11. The fraction of sp³-hybridized carbons (Fsp3) is 0.400. The lowest BCUT2D eigenvalue weighted by Crippen LogP contribution is -2.26. The lowest BCUT2D eigenvalue weighted by atomic mass is 10.2. The monoisotopic (exact) mass is 273 g/mol. The zero-order chi connectivity index (χ0) is 13.2. The van der Waals surface area contributed by atoms with Crippen molar-refractivity contribution in [2.45, 2.75) is 38.9 Å². The van der Waals surface area contributed by atoms with Crippen LogP contribution in [0.15, 0.2) is 29.0 Å². The average Bonchev–Trinajstić information content (AvgIpc) is 3.13. The highest BCUT2D eigenvalue weighted by Crippen LogP contribution is 2.32. The van der Waals surface area contributed by atoms with Gasteiger partial charge < -0.3 is 10.6 Å². The van der Waals surface area contributed by atoms with Crippen LogP contribution in [0.3, 0.4) is 0 Å². The molecule has 0 saturated heterocycles. The predicted octanol–water partition coefficient (Wildman–Crippen LogP) is 3.08. The fourth-order valence-corrected chi connectivity index (χ4v) is 2.97. The van der Waals surface area contributed by atoms with Gasteiger partial charge in [0.05, 0.1) is 0 Å². The van der Waals surface area contributed by atoms with Gasteiger partial charge in [-0.25, -0.2) is 4.98 Å². The normalized spacial score (nSPS) is 14.6. The van der Waals surface area contributed by atoms with Crippen LogP contribution in [0.1, 0.15) is 29.7 Å². The van der Waals surface area contributed by atoms with Crippen molar-refractivity contribution < 1.29 is 0 Å². The molecule has 1 aliphatic rings. The van der Waals surface area contributed by atoms with Gasteiger partial charge in [0, 0.05) is 24.8 Å². The van der Waals surface area contributed by atoms with Crippen LogP contribution in [0.25, 0.3) is 0 Å². The molecule has 0 spiro atoms. The third kappa shape index (κ3) is 2.80. The topological polar surface area (TPSA) is 42.2 Å². The Morgan fingerprint density at radius 3 is 2.79 bits per heavy atom. The zero-order valence-electron chi connectivity index (χ0n) is 11.2. The van der Waals surface area contributed by atoms with Crippen LogP contribution in [0.2, 0.25) is 0 Å². The molecule has 0 aromatic carbocycles. The van der Waals surface area contributed by atoms with E-state index >= 15 is 0 Å². The molecule has 0 aliphatic heterocycles. The summed E-state index contributed by atoms with van der Waals surface area (Å²) in [4.78, 5) is 7.16. The maximum absolute atomic E-state index is 5.71. The van der Waals surface area contributed by atoms with Gasteiger partial charge in [-0.2, -0.15) is 11.3 Å². The van der Waals surface area contributed by atoms with E-state index in [1.54, 1.807) is 11.3 Å². The number of anilines is 1. The van der Waals surface area contributed by atoms with Crippen molar-refractivity contribution in [3.05, 3.63) is 45.8 Å². The zero-order valence-corrected chi connectivity index (χ0v) is 12.0. The van der Waals surface area contributed by atoms with Gasteiger partial charge in [0.1, 0.15) is 5.82 Å². The van der Waals surface area contributed by atoms with Gasteiger partial charge in [-0.05, 0) is 53.8 Å². The quantitative estimate of drug-likeness (QED) is 0.910. The standard InChI is InChI=1S/C15H19N3S/c1-11-13(8-16)2-5-15(17-11)18(14-3-4-14)9-12-6-7-19-10-12/h2,5-7,10,14H,3-4,8-9,16H2,1H3. The molecule has 0 bridgehead atoms. The molecule has 0 unspecified atom stereocenters. The van der Waals surface area contributed by atoms with Gasteiger partial charge in [0.2, 0.25) is 0 Å². The fourth-order valence-electron chi connectivity index (χ4n) is 2.32. The van der Waals surface area contributed by atoms with Crippen molar-refractivity contribution in [2.24, 2.45) is 5.73 Å². The first-order valence-electron chi connectivity index (χ1n) is 6.72. The molecule has 1 aliphatic carbocycles. The van der Waals surface area contributed by atoms with Crippen molar-refractivity contribution in [1.82, 2.24) is 4.98 Å². The van der Waals surface area contributed by atoms with E-state index in [2.05, 4.69) is 33.9 Å². The molecule has 0 radical (unpaired) electrons. The minimum absolute atomic E-state index is 0.563. The molecule has 0 amide bonds.